The van der Waals surface area contributed by atoms with Crippen LogP contribution in [-0.2, 0) is 13.0 Å². The van der Waals surface area contributed by atoms with Crippen LogP contribution >= 0.6 is 0 Å². The van der Waals surface area contributed by atoms with Crippen molar-refractivity contribution >= 4 is 12.6 Å². The molecule has 19 heavy (non-hydrogen) atoms. The molecule has 3 nitrogen and oxygen atoms in total. The first-order chi connectivity index (χ1) is 9.20. The molecule has 2 aromatic rings. The summed E-state index contributed by atoms with van der Waals surface area (Å²) in [6, 6.07) is 15.0. The molecular weight excluding hydrogens is 239 g/mol. The zero-order valence-corrected chi connectivity index (χ0v) is 10.9. The fourth-order valence-electron chi connectivity index (χ4n) is 1.94. The van der Waals surface area contributed by atoms with Crippen molar-refractivity contribution in [3.8, 4) is 5.75 Å². The van der Waals surface area contributed by atoms with Crippen LogP contribution in [0.1, 0.15) is 18.1 Å². The first-order valence-electron chi connectivity index (χ1n) is 6.36. The van der Waals surface area contributed by atoms with Gasteiger partial charge in [-0.25, -0.2) is 0 Å². The van der Waals surface area contributed by atoms with Crippen LogP contribution in [0.3, 0.4) is 0 Å². The van der Waals surface area contributed by atoms with Crippen LogP contribution in [0.25, 0.3) is 0 Å². The summed E-state index contributed by atoms with van der Waals surface area (Å²) in [7, 11) is -1.44. The average Bonchev–Trinajstić information content (AvgIpc) is 2.45. The van der Waals surface area contributed by atoms with E-state index in [0.717, 1.165) is 17.7 Å². The van der Waals surface area contributed by atoms with Gasteiger partial charge in [0.1, 0.15) is 12.4 Å². The van der Waals surface area contributed by atoms with Crippen molar-refractivity contribution in [3.05, 3.63) is 59.7 Å². The Morgan fingerprint density at radius 2 is 1.84 bits per heavy atom. The molecule has 0 bridgehead atoms. The Balaban J connectivity index is 2.08. The van der Waals surface area contributed by atoms with Crippen molar-refractivity contribution in [1.82, 2.24) is 0 Å². The monoisotopic (exact) mass is 256 g/mol. The lowest BCUT2D eigenvalue weighted by Crippen LogP contribution is -2.29. The first-order valence-corrected chi connectivity index (χ1v) is 6.36. The Labute approximate surface area is 113 Å². The highest BCUT2D eigenvalue weighted by atomic mass is 16.5. The van der Waals surface area contributed by atoms with Gasteiger partial charge in [-0.3, -0.25) is 0 Å². The molecule has 98 valence electrons. The summed E-state index contributed by atoms with van der Waals surface area (Å²) in [4.78, 5) is 0. The Hall–Kier alpha value is -1.78. The molecule has 0 atom stereocenters. The van der Waals surface area contributed by atoms with E-state index in [1.807, 2.05) is 30.3 Å². The minimum atomic E-state index is -1.44. The van der Waals surface area contributed by atoms with Gasteiger partial charge in [-0.15, -0.1) is 0 Å². The van der Waals surface area contributed by atoms with Crippen LogP contribution in [0.4, 0.5) is 0 Å². The van der Waals surface area contributed by atoms with Gasteiger partial charge in [-0.1, -0.05) is 49.4 Å². The van der Waals surface area contributed by atoms with Crippen molar-refractivity contribution in [1.29, 1.82) is 0 Å². The molecule has 0 fully saturated rings. The maximum atomic E-state index is 9.13. The first kappa shape index (κ1) is 13.7. The molecular formula is C15H17BO3. The molecule has 0 spiro atoms. The second-order valence-electron chi connectivity index (χ2n) is 4.37. The van der Waals surface area contributed by atoms with E-state index < -0.39 is 7.12 Å². The van der Waals surface area contributed by atoms with E-state index in [1.54, 1.807) is 18.2 Å². The van der Waals surface area contributed by atoms with E-state index in [4.69, 9.17) is 14.8 Å². The zero-order valence-electron chi connectivity index (χ0n) is 10.9. The van der Waals surface area contributed by atoms with E-state index in [-0.39, 0.29) is 0 Å². The molecule has 0 unspecified atom stereocenters. The number of hydrogen-bond acceptors (Lipinski definition) is 3. The minimum Gasteiger partial charge on any atom is -0.489 e. The third-order valence-corrected chi connectivity index (χ3v) is 3.00. The van der Waals surface area contributed by atoms with Crippen LogP contribution in [-0.4, -0.2) is 17.2 Å². The normalized spacial score (nSPS) is 10.3. The summed E-state index contributed by atoms with van der Waals surface area (Å²) in [5.41, 5.74) is 2.56. The van der Waals surface area contributed by atoms with Gasteiger partial charge in [0.05, 0.1) is 0 Å². The Kier molecular flexibility index (Phi) is 4.60. The highest BCUT2D eigenvalue weighted by Gasteiger charge is 2.10. The average molecular weight is 256 g/mol. The third-order valence-electron chi connectivity index (χ3n) is 3.00. The quantitative estimate of drug-likeness (QED) is 0.797. The van der Waals surface area contributed by atoms with Crippen LogP contribution < -0.4 is 10.2 Å². The predicted octanol–water partition coefficient (Wildman–Crippen LogP) is 1.51. The van der Waals surface area contributed by atoms with Crippen molar-refractivity contribution < 1.29 is 14.8 Å². The van der Waals surface area contributed by atoms with Crippen molar-refractivity contribution in [2.45, 2.75) is 20.0 Å². The highest BCUT2D eigenvalue weighted by Crippen LogP contribution is 2.19. The minimum absolute atomic E-state index is 0.414. The molecule has 2 N–H and O–H groups in total. The van der Waals surface area contributed by atoms with Gasteiger partial charge in [0.15, 0.2) is 0 Å². The van der Waals surface area contributed by atoms with Crippen LogP contribution in [0.5, 0.6) is 5.75 Å². The zero-order chi connectivity index (χ0) is 13.7. The number of hydrogen-bond donors (Lipinski definition) is 2. The van der Waals surface area contributed by atoms with Gasteiger partial charge < -0.3 is 14.8 Å². The van der Waals surface area contributed by atoms with Crippen molar-refractivity contribution in [2.75, 3.05) is 0 Å². The molecule has 0 radical (unpaired) electrons. The van der Waals surface area contributed by atoms with Crippen molar-refractivity contribution in [2.24, 2.45) is 0 Å². The highest BCUT2D eigenvalue weighted by molar-refractivity contribution is 6.58. The summed E-state index contributed by atoms with van der Waals surface area (Å²) in [5.74, 6) is 0.875. The van der Waals surface area contributed by atoms with E-state index >= 15 is 0 Å². The molecule has 2 rings (SSSR count). The summed E-state index contributed by atoms with van der Waals surface area (Å²) in [6.07, 6.45) is 0.922. The second-order valence-corrected chi connectivity index (χ2v) is 4.37. The molecule has 0 aromatic heterocycles. The molecule has 0 amide bonds. The molecule has 0 heterocycles. The molecule has 0 aliphatic heterocycles. The molecule has 0 aliphatic carbocycles. The summed E-state index contributed by atoms with van der Waals surface area (Å²) in [6.45, 7) is 2.50. The number of para-hydroxylation sites is 1. The molecule has 0 saturated carbocycles. The van der Waals surface area contributed by atoms with Gasteiger partial charge in [0, 0.05) is 0 Å². The Morgan fingerprint density at radius 1 is 1.05 bits per heavy atom. The molecule has 4 heteroatoms. The number of aryl methyl sites for hydroxylation is 1. The number of ether oxygens (including phenoxy) is 1. The lowest BCUT2D eigenvalue weighted by atomic mass is 9.80. The fraction of sp³-hybridized carbons (Fsp3) is 0.200. The lowest BCUT2D eigenvalue weighted by molar-refractivity contribution is 0.303. The SMILES string of the molecule is CCc1ccccc1OCc1cccc(B(O)O)c1. The maximum Gasteiger partial charge on any atom is 0.488 e. The summed E-state index contributed by atoms with van der Waals surface area (Å²) in [5, 5.41) is 18.3. The smallest absolute Gasteiger partial charge is 0.488 e. The largest absolute Gasteiger partial charge is 0.489 e. The van der Waals surface area contributed by atoms with Gasteiger partial charge in [0.25, 0.3) is 0 Å². The van der Waals surface area contributed by atoms with E-state index in [9.17, 15) is 0 Å². The van der Waals surface area contributed by atoms with Gasteiger partial charge in [-0.2, -0.15) is 0 Å². The Bertz CT molecular complexity index is 540. The van der Waals surface area contributed by atoms with E-state index in [1.165, 1.54) is 5.56 Å². The molecule has 2 aromatic carbocycles. The Morgan fingerprint density at radius 3 is 2.58 bits per heavy atom. The molecule has 0 saturated heterocycles. The summed E-state index contributed by atoms with van der Waals surface area (Å²) < 4.78 is 5.79. The number of rotatable bonds is 5. The van der Waals surface area contributed by atoms with Gasteiger partial charge in [-0.05, 0) is 29.1 Å². The van der Waals surface area contributed by atoms with E-state index in [0.29, 0.717) is 12.1 Å². The van der Waals surface area contributed by atoms with Gasteiger partial charge in [0.2, 0.25) is 0 Å². The summed E-state index contributed by atoms with van der Waals surface area (Å²) >= 11 is 0. The van der Waals surface area contributed by atoms with Gasteiger partial charge >= 0.3 is 7.12 Å². The van der Waals surface area contributed by atoms with Crippen LogP contribution in [0.2, 0.25) is 0 Å². The number of benzene rings is 2. The second kappa shape index (κ2) is 6.41. The van der Waals surface area contributed by atoms with Crippen LogP contribution in [0, 0.1) is 0 Å². The van der Waals surface area contributed by atoms with Crippen LogP contribution in [0.15, 0.2) is 48.5 Å². The van der Waals surface area contributed by atoms with E-state index in [2.05, 4.69) is 6.92 Å². The predicted molar refractivity (Wildman–Crippen MR) is 76.4 cm³/mol. The topological polar surface area (TPSA) is 49.7 Å². The van der Waals surface area contributed by atoms with Crippen molar-refractivity contribution in [3.63, 3.8) is 0 Å². The maximum absolute atomic E-state index is 9.13. The fourth-order valence-corrected chi connectivity index (χ4v) is 1.94. The standard InChI is InChI=1S/C15H17BO3/c1-2-13-7-3-4-9-15(13)19-11-12-6-5-8-14(10-12)16(17)18/h3-10,17-18H,2,11H2,1H3. The molecule has 0 aliphatic rings. The lowest BCUT2D eigenvalue weighted by Gasteiger charge is -2.11. The third kappa shape index (κ3) is 3.59.